The summed E-state index contributed by atoms with van der Waals surface area (Å²) < 4.78 is 123. The van der Waals surface area contributed by atoms with Crippen molar-refractivity contribution < 1.29 is 55.2 Å². The van der Waals surface area contributed by atoms with Crippen LogP contribution in [0.25, 0.3) is 0 Å². The summed E-state index contributed by atoms with van der Waals surface area (Å²) in [4.78, 5) is 0. The van der Waals surface area contributed by atoms with Crippen LogP contribution in [0.15, 0.2) is 0 Å². The van der Waals surface area contributed by atoms with E-state index in [0.29, 0.717) is 0 Å². The normalized spacial score (nSPS) is 26.8. The Hall–Kier alpha value is -0.640. The number of alkyl halides is 6. The molecule has 0 unspecified atom stereocenters. The van der Waals surface area contributed by atoms with Gasteiger partial charge in [-0.1, -0.05) is 0 Å². The monoisotopic (exact) mass is 326 g/mol. The Balaban J connectivity index is 3.56. The van der Waals surface area contributed by atoms with Crippen molar-refractivity contribution in [3.05, 3.63) is 0 Å². The predicted molar refractivity (Wildman–Crippen MR) is 35.9 cm³/mol. The number of rotatable bonds is 0. The fraction of sp³-hybridized carbons (Fsp3) is 1.00. The summed E-state index contributed by atoms with van der Waals surface area (Å²) in [6.45, 7) is 0. The standard InChI is InChI=1S/C3F6O7S2/c4-2(5,6)1(3(7,8)9)14-17(10,11)16-18(12,13)15-1. The summed E-state index contributed by atoms with van der Waals surface area (Å²) in [6, 6.07) is 0. The van der Waals surface area contributed by atoms with Crippen LogP contribution in [0.2, 0.25) is 0 Å². The Morgan fingerprint density at radius 1 is 0.722 bits per heavy atom. The molecule has 0 aromatic carbocycles. The SMILES string of the molecule is O=S1(=O)OC(C(F)(F)F)(C(F)(F)F)OS(=O)(=O)O1. The molecule has 18 heavy (non-hydrogen) atoms. The molecule has 7 nitrogen and oxygen atoms in total. The third-order valence-corrected chi connectivity index (χ3v) is 3.56. The highest BCUT2D eigenvalue weighted by Crippen LogP contribution is 2.50. The second-order valence-corrected chi connectivity index (χ2v) is 5.17. The molecule has 0 spiro atoms. The minimum absolute atomic E-state index is 2.62. The van der Waals surface area contributed by atoms with Gasteiger partial charge < -0.3 is 0 Å². The van der Waals surface area contributed by atoms with Gasteiger partial charge in [-0.15, -0.1) is 3.63 Å². The van der Waals surface area contributed by atoms with E-state index in [1.54, 1.807) is 0 Å². The van der Waals surface area contributed by atoms with E-state index in [1.807, 2.05) is 0 Å². The Morgan fingerprint density at radius 2 is 1.00 bits per heavy atom. The van der Waals surface area contributed by atoms with E-state index in [2.05, 4.69) is 12.0 Å². The summed E-state index contributed by atoms with van der Waals surface area (Å²) in [6.07, 6.45) is -13.1. The molecular formula is C3F6O7S2. The molecule has 0 aromatic heterocycles. The van der Waals surface area contributed by atoms with Crippen LogP contribution < -0.4 is 0 Å². The summed E-state index contributed by atoms with van der Waals surface area (Å²) >= 11 is 0. The molecule has 1 saturated heterocycles. The topological polar surface area (TPSA) is 96.0 Å². The lowest BCUT2D eigenvalue weighted by molar-refractivity contribution is -0.426. The Kier molecular flexibility index (Phi) is 3.16. The molecule has 0 saturated carbocycles. The van der Waals surface area contributed by atoms with E-state index in [-0.39, 0.29) is 0 Å². The van der Waals surface area contributed by atoms with Crippen LogP contribution in [0, 0.1) is 0 Å². The van der Waals surface area contributed by atoms with Gasteiger partial charge in [0.25, 0.3) is 0 Å². The lowest BCUT2D eigenvalue weighted by atomic mass is 10.3. The maximum atomic E-state index is 12.2. The minimum atomic E-state index is -6.55. The van der Waals surface area contributed by atoms with E-state index >= 15 is 0 Å². The maximum absolute atomic E-state index is 12.2. The van der Waals surface area contributed by atoms with Crippen molar-refractivity contribution in [3.63, 3.8) is 0 Å². The lowest BCUT2D eigenvalue weighted by Gasteiger charge is -2.35. The summed E-state index contributed by atoms with van der Waals surface area (Å²) in [5.41, 5.74) is 0. The predicted octanol–water partition coefficient (Wildman–Crippen LogP) is 0.360. The molecule has 1 aliphatic heterocycles. The highest BCUT2D eigenvalue weighted by Gasteiger charge is 2.80. The lowest BCUT2D eigenvalue weighted by Crippen LogP contribution is -2.64. The average Bonchev–Trinajstić information content (AvgIpc) is 1.92. The minimum Gasteiger partial charge on any atom is -0.192 e. The average molecular weight is 326 g/mol. The van der Waals surface area contributed by atoms with Crippen LogP contribution in [-0.4, -0.2) is 35.0 Å². The van der Waals surface area contributed by atoms with E-state index in [1.165, 1.54) is 0 Å². The molecule has 1 heterocycles. The summed E-state index contributed by atoms with van der Waals surface area (Å²) in [7, 11) is -12.2. The first-order valence-corrected chi connectivity index (χ1v) is 6.04. The van der Waals surface area contributed by atoms with Crippen LogP contribution in [0.3, 0.4) is 0 Å². The van der Waals surface area contributed by atoms with Gasteiger partial charge in [-0.25, -0.2) is 0 Å². The number of hydrogen-bond donors (Lipinski definition) is 0. The maximum Gasteiger partial charge on any atom is 0.455 e. The molecule has 1 fully saturated rings. The second-order valence-electron chi connectivity index (χ2n) is 2.66. The molecular weight excluding hydrogens is 326 g/mol. The fourth-order valence-electron chi connectivity index (χ4n) is 0.781. The molecule has 0 atom stereocenters. The van der Waals surface area contributed by atoms with Gasteiger partial charge in [-0.2, -0.15) is 51.5 Å². The van der Waals surface area contributed by atoms with Crippen molar-refractivity contribution in [1.82, 2.24) is 0 Å². The third-order valence-electron chi connectivity index (χ3n) is 1.35. The zero-order chi connectivity index (χ0) is 14.6. The van der Waals surface area contributed by atoms with Crippen LogP contribution in [0.4, 0.5) is 26.3 Å². The molecule has 0 N–H and O–H groups in total. The van der Waals surface area contributed by atoms with Gasteiger partial charge in [0.15, 0.2) is 0 Å². The molecule has 0 radical (unpaired) electrons. The van der Waals surface area contributed by atoms with E-state index < -0.39 is 38.9 Å². The first-order valence-electron chi connectivity index (χ1n) is 3.38. The molecule has 1 rings (SSSR count). The highest BCUT2D eigenvalue weighted by molar-refractivity contribution is 7.95. The Bertz CT molecular complexity index is 489. The largest absolute Gasteiger partial charge is 0.455 e. The molecule has 108 valence electrons. The second kappa shape index (κ2) is 3.69. The van der Waals surface area contributed by atoms with Crippen molar-refractivity contribution in [1.29, 1.82) is 0 Å². The van der Waals surface area contributed by atoms with Gasteiger partial charge in [0.05, 0.1) is 0 Å². The fourth-order valence-corrected chi connectivity index (χ4v) is 2.88. The zero-order valence-electron chi connectivity index (χ0n) is 7.44. The van der Waals surface area contributed by atoms with Crippen LogP contribution in [-0.2, 0) is 32.8 Å². The van der Waals surface area contributed by atoms with Gasteiger partial charge in [0, 0.05) is 0 Å². The first kappa shape index (κ1) is 15.4. The summed E-state index contributed by atoms with van der Waals surface area (Å²) in [5.74, 6) is -5.88. The van der Waals surface area contributed by atoms with Crippen molar-refractivity contribution in [3.8, 4) is 0 Å². The molecule has 0 aromatic rings. The Labute approximate surface area is 94.9 Å². The van der Waals surface area contributed by atoms with Gasteiger partial charge in [-0.05, 0) is 0 Å². The van der Waals surface area contributed by atoms with Gasteiger partial charge >= 0.3 is 38.9 Å². The van der Waals surface area contributed by atoms with Crippen molar-refractivity contribution in [2.75, 3.05) is 0 Å². The van der Waals surface area contributed by atoms with Crippen molar-refractivity contribution in [2.45, 2.75) is 18.1 Å². The van der Waals surface area contributed by atoms with Crippen molar-refractivity contribution in [2.24, 2.45) is 0 Å². The van der Waals surface area contributed by atoms with Crippen LogP contribution >= 0.6 is 0 Å². The molecule has 15 heteroatoms. The van der Waals surface area contributed by atoms with Gasteiger partial charge in [0.1, 0.15) is 0 Å². The van der Waals surface area contributed by atoms with E-state index in [9.17, 15) is 43.2 Å². The van der Waals surface area contributed by atoms with E-state index in [0.717, 1.165) is 0 Å². The van der Waals surface area contributed by atoms with Gasteiger partial charge in [0.2, 0.25) is 0 Å². The molecule has 0 amide bonds. The first-order chi connectivity index (χ1) is 7.62. The van der Waals surface area contributed by atoms with Crippen LogP contribution in [0.1, 0.15) is 0 Å². The van der Waals surface area contributed by atoms with Gasteiger partial charge in [-0.3, -0.25) is 0 Å². The highest BCUT2D eigenvalue weighted by atomic mass is 32.3. The molecule has 1 aliphatic rings. The third kappa shape index (κ3) is 2.53. The smallest absolute Gasteiger partial charge is 0.192 e. The quantitative estimate of drug-likeness (QED) is 0.593. The van der Waals surface area contributed by atoms with Crippen molar-refractivity contribution >= 4 is 20.8 Å². The van der Waals surface area contributed by atoms with Crippen LogP contribution in [0.5, 0.6) is 0 Å². The summed E-state index contributed by atoms with van der Waals surface area (Å²) in [5, 5.41) is 0. The van der Waals surface area contributed by atoms with E-state index in [4.69, 9.17) is 0 Å². The zero-order valence-corrected chi connectivity index (χ0v) is 9.08. The molecule has 0 aliphatic carbocycles. The Morgan fingerprint density at radius 3 is 1.22 bits per heavy atom. The number of hydrogen-bond acceptors (Lipinski definition) is 7. The number of halogens is 6. The molecule has 0 bridgehead atoms.